The number of amides is 1. The number of nitrogens with zero attached hydrogens (tertiary/aromatic N) is 3. The second-order valence-electron chi connectivity index (χ2n) is 10.5. The average molecular weight is 583 g/mol. The van der Waals surface area contributed by atoms with Crippen LogP contribution < -0.4 is 11.3 Å². The predicted octanol–water partition coefficient (Wildman–Crippen LogP) is 4.30. The quantitative estimate of drug-likeness (QED) is 0.282. The Morgan fingerprint density at radius 3 is 2.48 bits per heavy atom. The summed E-state index contributed by atoms with van der Waals surface area (Å²) in [7, 11) is -4.49. The zero-order chi connectivity index (χ0) is 30.0. The van der Waals surface area contributed by atoms with Crippen molar-refractivity contribution in [2.75, 3.05) is 0 Å². The van der Waals surface area contributed by atoms with E-state index in [9.17, 15) is 28.4 Å². The Labute approximate surface area is 243 Å². The molecule has 5 rings (SSSR count). The van der Waals surface area contributed by atoms with Gasteiger partial charge in [0.05, 0.1) is 29.0 Å². The SMILES string of the molecule is CC[C@@H](c1cccc(C#N)c1)n1c(CC2CC2)nc(O)c(S(=O)(=O)c2ccc(-c3ccccc3CC(N)=O)cc2)c1=O. The van der Waals surface area contributed by atoms with Crippen molar-refractivity contribution < 1.29 is 18.3 Å². The van der Waals surface area contributed by atoms with Crippen LogP contribution in [0.25, 0.3) is 11.1 Å². The largest absolute Gasteiger partial charge is 0.492 e. The van der Waals surface area contributed by atoms with Gasteiger partial charge in [-0.1, -0.05) is 55.5 Å². The molecule has 0 unspecified atom stereocenters. The standard InChI is InChI=1S/C32H30N4O5S/c1-2-27(24-8-5-6-21(16-24)19-33)36-29(17-20-10-11-20)35-31(38)30(32(36)39)42(40,41)25-14-12-22(13-15-25)26-9-4-3-7-23(26)18-28(34)37/h3-9,12-16,20,27,38H,2,10-11,17-18H2,1H3,(H2,34,37)/t27-/m0/s1. The van der Waals surface area contributed by atoms with E-state index in [0.29, 0.717) is 46.8 Å². The summed E-state index contributed by atoms with van der Waals surface area (Å²) in [5.74, 6) is -0.702. The topological polar surface area (TPSA) is 156 Å². The van der Waals surface area contributed by atoms with E-state index in [1.54, 1.807) is 60.7 Å². The van der Waals surface area contributed by atoms with Crippen molar-refractivity contribution in [2.24, 2.45) is 11.7 Å². The van der Waals surface area contributed by atoms with Gasteiger partial charge in [-0.2, -0.15) is 10.2 Å². The Hall–Kier alpha value is -4.75. The maximum absolute atomic E-state index is 14.1. The van der Waals surface area contributed by atoms with E-state index in [0.717, 1.165) is 18.4 Å². The average Bonchev–Trinajstić information content (AvgIpc) is 3.79. The van der Waals surface area contributed by atoms with Crippen LogP contribution in [0.15, 0.2) is 87.4 Å². The van der Waals surface area contributed by atoms with Crippen LogP contribution >= 0.6 is 0 Å². The highest BCUT2D eigenvalue weighted by Gasteiger charge is 2.33. The van der Waals surface area contributed by atoms with E-state index >= 15 is 0 Å². The highest BCUT2D eigenvalue weighted by atomic mass is 32.2. The molecule has 1 saturated carbocycles. The number of rotatable bonds is 10. The number of aromatic hydroxyl groups is 1. The molecule has 42 heavy (non-hydrogen) atoms. The van der Waals surface area contributed by atoms with Crippen LogP contribution in [0, 0.1) is 17.2 Å². The van der Waals surface area contributed by atoms with Crippen molar-refractivity contribution in [2.45, 2.75) is 54.9 Å². The summed E-state index contributed by atoms with van der Waals surface area (Å²) in [6.07, 6.45) is 2.81. The van der Waals surface area contributed by atoms with Crippen molar-refractivity contribution in [3.63, 3.8) is 0 Å². The molecule has 1 aliphatic carbocycles. The highest BCUT2D eigenvalue weighted by molar-refractivity contribution is 7.91. The Morgan fingerprint density at radius 1 is 1.12 bits per heavy atom. The molecular weight excluding hydrogens is 552 g/mol. The van der Waals surface area contributed by atoms with Crippen molar-refractivity contribution in [1.82, 2.24) is 9.55 Å². The summed E-state index contributed by atoms with van der Waals surface area (Å²) < 4.78 is 29.1. The summed E-state index contributed by atoms with van der Waals surface area (Å²) in [6, 6.07) is 21.4. The lowest BCUT2D eigenvalue weighted by Gasteiger charge is -2.23. The zero-order valence-corrected chi connectivity index (χ0v) is 23.8. The second-order valence-corrected chi connectivity index (χ2v) is 12.4. The predicted molar refractivity (Wildman–Crippen MR) is 156 cm³/mol. The van der Waals surface area contributed by atoms with Crippen molar-refractivity contribution in [3.8, 4) is 23.1 Å². The molecule has 1 aliphatic rings. The summed E-state index contributed by atoms with van der Waals surface area (Å²) in [4.78, 5) is 28.9. The number of carbonyl (C=O) groups excluding carboxylic acids is 1. The van der Waals surface area contributed by atoms with Crippen LogP contribution in [0.5, 0.6) is 5.88 Å². The van der Waals surface area contributed by atoms with Crippen LogP contribution in [-0.2, 0) is 27.5 Å². The van der Waals surface area contributed by atoms with Gasteiger partial charge in [0.25, 0.3) is 5.56 Å². The molecule has 0 saturated heterocycles. The molecule has 3 N–H and O–H groups in total. The molecule has 4 aromatic rings. The third-order valence-electron chi connectivity index (χ3n) is 7.52. The van der Waals surface area contributed by atoms with Gasteiger partial charge in [-0.3, -0.25) is 14.2 Å². The van der Waals surface area contributed by atoms with Crippen LogP contribution in [0.1, 0.15) is 54.7 Å². The molecular formula is C32H30N4O5S. The van der Waals surface area contributed by atoms with Gasteiger partial charge in [-0.15, -0.1) is 0 Å². The molecule has 0 aliphatic heterocycles. The number of carbonyl (C=O) groups is 1. The van der Waals surface area contributed by atoms with E-state index in [-0.39, 0.29) is 11.3 Å². The van der Waals surface area contributed by atoms with Gasteiger partial charge in [0.15, 0.2) is 4.90 Å². The number of benzene rings is 3. The zero-order valence-electron chi connectivity index (χ0n) is 23.0. The van der Waals surface area contributed by atoms with Crippen molar-refractivity contribution in [3.05, 3.63) is 106 Å². The van der Waals surface area contributed by atoms with Gasteiger partial charge in [0, 0.05) is 6.42 Å². The Balaban J connectivity index is 1.61. The molecule has 1 aromatic heterocycles. The molecule has 3 aromatic carbocycles. The first-order valence-corrected chi connectivity index (χ1v) is 15.2. The van der Waals surface area contributed by atoms with Gasteiger partial charge in [-0.25, -0.2) is 8.42 Å². The fourth-order valence-corrected chi connectivity index (χ4v) is 6.63. The summed E-state index contributed by atoms with van der Waals surface area (Å²) in [6.45, 7) is 1.87. The van der Waals surface area contributed by atoms with Gasteiger partial charge >= 0.3 is 0 Å². The van der Waals surface area contributed by atoms with Gasteiger partial charge in [0.2, 0.25) is 21.6 Å². The van der Waals surface area contributed by atoms with Crippen molar-refractivity contribution in [1.29, 1.82) is 5.26 Å². The molecule has 0 bridgehead atoms. The van der Waals surface area contributed by atoms with Crippen LogP contribution in [0.3, 0.4) is 0 Å². The Morgan fingerprint density at radius 2 is 1.83 bits per heavy atom. The van der Waals surface area contributed by atoms with Crippen LogP contribution in [0.2, 0.25) is 0 Å². The molecule has 1 heterocycles. The fourth-order valence-electron chi connectivity index (χ4n) is 5.29. The van der Waals surface area contributed by atoms with Crippen LogP contribution in [0.4, 0.5) is 0 Å². The lowest BCUT2D eigenvalue weighted by molar-refractivity contribution is -0.117. The van der Waals surface area contributed by atoms with Gasteiger partial charge in [-0.05, 0) is 71.7 Å². The minimum Gasteiger partial charge on any atom is -0.492 e. The number of primary amides is 1. The Bertz CT molecular complexity index is 1870. The van der Waals surface area contributed by atoms with E-state index < -0.39 is 38.1 Å². The molecule has 1 atom stereocenters. The first kappa shape index (κ1) is 28.8. The minimum absolute atomic E-state index is 0.0262. The smallest absolute Gasteiger partial charge is 0.277 e. The molecule has 214 valence electrons. The molecule has 9 nitrogen and oxygen atoms in total. The first-order valence-electron chi connectivity index (χ1n) is 13.7. The number of nitrogens with two attached hydrogens (primary N) is 1. The molecule has 1 amide bonds. The van der Waals surface area contributed by atoms with E-state index in [4.69, 9.17) is 5.73 Å². The molecule has 0 spiro atoms. The number of sulfone groups is 1. The Kier molecular flexibility index (Phi) is 7.96. The third-order valence-corrected chi connectivity index (χ3v) is 9.31. The summed E-state index contributed by atoms with van der Waals surface area (Å²) in [5, 5.41) is 20.3. The number of hydrogen-bond donors (Lipinski definition) is 2. The number of nitriles is 1. The number of hydrogen-bond acceptors (Lipinski definition) is 7. The summed E-state index contributed by atoms with van der Waals surface area (Å²) >= 11 is 0. The monoisotopic (exact) mass is 582 g/mol. The molecule has 0 radical (unpaired) electrons. The fraction of sp³-hybridized carbons (Fsp3) is 0.250. The number of aromatic nitrogens is 2. The lowest BCUT2D eigenvalue weighted by atomic mass is 9.98. The maximum Gasteiger partial charge on any atom is 0.277 e. The van der Waals surface area contributed by atoms with Crippen molar-refractivity contribution >= 4 is 15.7 Å². The maximum atomic E-state index is 14.1. The normalized spacial score (nSPS) is 13.8. The van der Waals surface area contributed by atoms with Gasteiger partial charge < -0.3 is 10.8 Å². The molecule has 1 fully saturated rings. The van der Waals surface area contributed by atoms with E-state index in [1.807, 2.05) is 6.92 Å². The second kappa shape index (κ2) is 11.6. The highest BCUT2D eigenvalue weighted by Crippen LogP contribution is 2.35. The minimum atomic E-state index is -4.49. The van der Waals surface area contributed by atoms with Gasteiger partial charge in [0.1, 0.15) is 5.82 Å². The van der Waals surface area contributed by atoms with Crippen LogP contribution in [-0.4, -0.2) is 29.0 Å². The third kappa shape index (κ3) is 5.69. The van der Waals surface area contributed by atoms with E-state index in [2.05, 4.69) is 11.1 Å². The van der Waals surface area contributed by atoms with E-state index in [1.165, 1.54) is 16.7 Å². The first-order chi connectivity index (χ1) is 20.1. The summed E-state index contributed by atoms with van der Waals surface area (Å²) in [5.41, 5.74) is 7.70. The lowest BCUT2D eigenvalue weighted by Crippen LogP contribution is -2.33. The molecule has 10 heteroatoms.